The van der Waals surface area contributed by atoms with E-state index in [2.05, 4.69) is 10.5 Å². The van der Waals surface area contributed by atoms with Crippen LogP contribution < -0.4 is 14.3 Å². The topological polar surface area (TPSA) is 99.0 Å². The molecular weight excluding hydrogens is 502 g/mol. The van der Waals surface area contributed by atoms with E-state index in [0.29, 0.717) is 16.8 Å². The van der Waals surface area contributed by atoms with Crippen LogP contribution in [-0.4, -0.2) is 31.7 Å². The number of carbonyl (C=O) groups excluding carboxylic acids is 1. The summed E-state index contributed by atoms with van der Waals surface area (Å²) >= 11 is 6.36. The molecule has 0 saturated carbocycles. The minimum Gasteiger partial charge on any atom is -0.490 e. The average molecular weight is 524 g/mol. The zero-order chi connectivity index (χ0) is 25.5. The van der Waals surface area contributed by atoms with Gasteiger partial charge >= 0.3 is 10.1 Å². The summed E-state index contributed by atoms with van der Waals surface area (Å²) in [6.45, 7) is 1.98. The molecule has 0 unspecified atom stereocenters. The lowest BCUT2D eigenvalue weighted by atomic mass is 10.1. The SMILES string of the molecule is CCOc1cc(/C=N\NC(=O)c2ccccc2-n2cccc2)cc(Cl)c1OS(=O)(=O)c1ccccc1. The molecule has 8 nitrogen and oxygen atoms in total. The van der Waals surface area contributed by atoms with Crippen LogP contribution in [0.5, 0.6) is 11.5 Å². The van der Waals surface area contributed by atoms with Crippen LogP contribution in [0.1, 0.15) is 22.8 Å². The molecule has 0 bridgehead atoms. The molecule has 0 saturated heterocycles. The van der Waals surface area contributed by atoms with E-state index in [-0.39, 0.29) is 28.0 Å². The third kappa shape index (κ3) is 5.76. The van der Waals surface area contributed by atoms with Crippen molar-refractivity contribution in [2.45, 2.75) is 11.8 Å². The number of nitrogens with one attached hydrogen (secondary N) is 1. The van der Waals surface area contributed by atoms with Gasteiger partial charge in [0, 0.05) is 12.4 Å². The van der Waals surface area contributed by atoms with Gasteiger partial charge in [0.2, 0.25) is 5.75 Å². The van der Waals surface area contributed by atoms with Gasteiger partial charge in [-0.1, -0.05) is 41.9 Å². The zero-order valence-corrected chi connectivity index (χ0v) is 20.7. The van der Waals surface area contributed by atoms with Crippen LogP contribution in [0.15, 0.2) is 101 Å². The van der Waals surface area contributed by atoms with Gasteiger partial charge in [-0.3, -0.25) is 4.79 Å². The molecule has 1 aromatic heterocycles. The lowest BCUT2D eigenvalue weighted by Gasteiger charge is -2.14. The van der Waals surface area contributed by atoms with Gasteiger partial charge in [-0.15, -0.1) is 0 Å². The number of nitrogens with zero attached hydrogens (tertiary/aromatic N) is 2. The lowest BCUT2D eigenvalue weighted by Crippen LogP contribution is -2.19. The smallest absolute Gasteiger partial charge is 0.339 e. The highest BCUT2D eigenvalue weighted by atomic mass is 35.5. The van der Waals surface area contributed by atoms with Gasteiger partial charge in [-0.25, -0.2) is 5.43 Å². The van der Waals surface area contributed by atoms with E-state index in [1.54, 1.807) is 37.3 Å². The Balaban J connectivity index is 1.55. The summed E-state index contributed by atoms with van der Waals surface area (Å²) in [6, 6.07) is 21.6. The van der Waals surface area contributed by atoms with Crippen molar-refractivity contribution < 1.29 is 22.1 Å². The number of carbonyl (C=O) groups is 1. The highest BCUT2D eigenvalue weighted by Gasteiger charge is 2.22. The van der Waals surface area contributed by atoms with E-state index in [9.17, 15) is 13.2 Å². The number of aromatic nitrogens is 1. The van der Waals surface area contributed by atoms with Crippen molar-refractivity contribution >= 4 is 33.8 Å². The van der Waals surface area contributed by atoms with Crippen LogP contribution >= 0.6 is 11.6 Å². The van der Waals surface area contributed by atoms with Gasteiger partial charge < -0.3 is 13.5 Å². The molecule has 0 aliphatic carbocycles. The molecule has 0 aliphatic heterocycles. The molecule has 0 fully saturated rings. The maximum atomic E-state index is 12.8. The number of benzene rings is 3. The maximum Gasteiger partial charge on any atom is 0.339 e. The second kappa shape index (κ2) is 11.1. The lowest BCUT2D eigenvalue weighted by molar-refractivity contribution is 0.0955. The van der Waals surface area contributed by atoms with Gasteiger partial charge in [-0.2, -0.15) is 13.5 Å². The minimum atomic E-state index is -4.13. The molecule has 4 rings (SSSR count). The molecule has 10 heteroatoms. The average Bonchev–Trinajstić information content (AvgIpc) is 3.42. The molecule has 1 amide bonds. The van der Waals surface area contributed by atoms with E-state index in [1.807, 2.05) is 41.2 Å². The largest absolute Gasteiger partial charge is 0.490 e. The monoisotopic (exact) mass is 523 g/mol. The Morgan fingerprint density at radius 2 is 1.72 bits per heavy atom. The Hall–Kier alpha value is -4.08. The van der Waals surface area contributed by atoms with Crippen molar-refractivity contribution in [2.24, 2.45) is 5.10 Å². The first-order chi connectivity index (χ1) is 17.4. The second-order valence-corrected chi connectivity index (χ2v) is 9.37. The summed E-state index contributed by atoms with van der Waals surface area (Å²) in [5, 5.41) is 4.03. The number of hydrogen-bond donors (Lipinski definition) is 1. The van der Waals surface area contributed by atoms with Gasteiger partial charge in [-0.05, 0) is 61.0 Å². The molecular formula is C26H22ClN3O5S. The predicted molar refractivity (Wildman–Crippen MR) is 138 cm³/mol. The Morgan fingerprint density at radius 1 is 1.03 bits per heavy atom. The number of amides is 1. The summed E-state index contributed by atoms with van der Waals surface area (Å²) in [5.74, 6) is -0.417. The van der Waals surface area contributed by atoms with E-state index in [4.69, 9.17) is 20.5 Å². The number of halogens is 1. The van der Waals surface area contributed by atoms with Gasteiger partial charge in [0.25, 0.3) is 5.91 Å². The number of para-hydroxylation sites is 1. The number of hydrazone groups is 1. The first-order valence-electron chi connectivity index (χ1n) is 10.9. The molecule has 0 aliphatic rings. The number of rotatable bonds is 9. The van der Waals surface area contributed by atoms with Crippen molar-refractivity contribution in [3.63, 3.8) is 0 Å². The molecule has 184 valence electrons. The summed E-state index contributed by atoms with van der Waals surface area (Å²) < 4.78 is 38.1. The van der Waals surface area contributed by atoms with Crippen LogP contribution in [0.2, 0.25) is 5.02 Å². The number of ether oxygens (including phenoxy) is 1. The van der Waals surface area contributed by atoms with Crippen LogP contribution in [0.4, 0.5) is 0 Å². The third-order valence-electron chi connectivity index (χ3n) is 4.97. The summed E-state index contributed by atoms with van der Waals surface area (Å²) in [5.41, 5.74) is 4.11. The van der Waals surface area contributed by atoms with Crippen molar-refractivity contribution in [1.29, 1.82) is 0 Å². The van der Waals surface area contributed by atoms with Crippen molar-refractivity contribution in [3.8, 4) is 17.2 Å². The Kier molecular flexibility index (Phi) is 7.72. The van der Waals surface area contributed by atoms with Crippen LogP contribution in [0, 0.1) is 0 Å². The fourth-order valence-electron chi connectivity index (χ4n) is 3.36. The summed E-state index contributed by atoms with van der Waals surface area (Å²) in [4.78, 5) is 12.7. The quantitative estimate of drug-likeness (QED) is 0.188. The Bertz CT molecular complexity index is 1490. The van der Waals surface area contributed by atoms with Crippen molar-refractivity contribution in [2.75, 3.05) is 6.61 Å². The van der Waals surface area contributed by atoms with Crippen LogP contribution in [0.25, 0.3) is 5.69 Å². The minimum absolute atomic E-state index is 0.00573. The highest BCUT2D eigenvalue weighted by molar-refractivity contribution is 7.87. The Labute approximate surface area is 213 Å². The Morgan fingerprint density at radius 3 is 2.44 bits per heavy atom. The first-order valence-corrected chi connectivity index (χ1v) is 12.7. The van der Waals surface area contributed by atoms with E-state index >= 15 is 0 Å². The first kappa shape index (κ1) is 25.0. The van der Waals surface area contributed by atoms with Crippen molar-refractivity contribution in [1.82, 2.24) is 9.99 Å². The molecule has 1 heterocycles. The fourth-order valence-corrected chi connectivity index (χ4v) is 4.64. The van der Waals surface area contributed by atoms with Gasteiger partial charge in [0.05, 0.1) is 29.1 Å². The van der Waals surface area contributed by atoms with Crippen molar-refractivity contribution in [3.05, 3.63) is 107 Å². The molecule has 1 N–H and O–H groups in total. The molecule has 0 radical (unpaired) electrons. The van der Waals surface area contributed by atoms with Gasteiger partial charge in [0.1, 0.15) is 4.90 Å². The second-order valence-electron chi connectivity index (χ2n) is 7.42. The molecule has 0 atom stereocenters. The zero-order valence-electron chi connectivity index (χ0n) is 19.2. The summed E-state index contributed by atoms with van der Waals surface area (Å²) in [7, 11) is -4.13. The standard InChI is InChI=1S/C26H22ClN3O5S/c1-2-34-24-17-19(16-22(27)25(24)35-36(32,33)20-10-4-3-5-11-20)18-28-29-26(31)21-12-6-7-13-23(21)30-14-8-9-15-30/h3-18H,2H2,1H3,(H,29,31)/b28-18-. The fraction of sp³-hybridized carbons (Fsp3) is 0.0769. The van der Waals surface area contributed by atoms with E-state index in [0.717, 1.165) is 0 Å². The van der Waals surface area contributed by atoms with E-state index < -0.39 is 16.0 Å². The molecule has 0 spiro atoms. The van der Waals surface area contributed by atoms with E-state index in [1.165, 1.54) is 30.5 Å². The third-order valence-corrected chi connectivity index (χ3v) is 6.48. The highest BCUT2D eigenvalue weighted by Crippen LogP contribution is 2.38. The predicted octanol–water partition coefficient (Wildman–Crippen LogP) is 5.06. The molecule has 4 aromatic rings. The molecule has 36 heavy (non-hydrogen) atoms. The number of hydrogen-bond acceptors (Lipinski definition) is 6. The van der Waals surface area contributed by atoms with Crippen LogP contribution in [-0.2, 0) is 10.1 Å². The maximum absolute atomic E-state index is 12.8. The van der Waals surface area contributed by atoms with Crippen LogP contribution in [0.3, 0.4) is 0 Å². The molecule has 3 aromatic carbocycles. The van der Waals surface area contributed by atoms with Gasteiger partial charge in [0.15, 0.2) is 5.75 Å². The summed E-state index contributed by atoms with van der Waals surface area (Å²) in [6.07, 6.45) is 5.06. The normalized spacial score (nSPS) is 11.4.